The van der Waals surface area contributed by atoms with E-state index in [9.17, 15) is 4.79 Å². The first-order chi connectivity index (χ1) is 11.2. The zero-order valence-electron chi connectivity index (χ0n) is 13.7. The Labute approximate surface area is 138 Å². The first kappa shape index (κ1) is 15.8. The molecule has 1 fully saturated rings. The molecule has 3 nitrogen and oxygen atoms in total. The molecule has 2 aromatic carbocycles. The van der Waals surface area contributed by atoms with Crippen LogP contribution in [0.15, 0.2) is 54.6 Å². The Hall–Kier alpha value is -2.13. The van der Waals surface area contributed by atoms with Crippen LogP contribution in [-0.2, 0) is 11.3 Å². The monoisotopic (exact) mass is 308 g/mol. The molecule has 0 bridgehead atoms. The van der Waals surface area contributed by atoms with Crippen LogP contribution in [0.2, 0.25) is 0 Å². The van der Waals surface area contributed by atoms with Crippen LogP contribution in [0.4, 0.5) is 5.69 Å². The molecule has 3 heteroatoms. The highest BCUT2D eigenvalue weighted by Crippen LogP contribution is 2.27. The fourth-order valence-corrected chi connectivity index (χ4v) is 3.35. The lowest BCUT2D eigenvalue weighted by Gasteiger charge is -2.33. The van der Waals surface area contributed by atoms with E-state index >= 15 is 0 Å². The van der Waals surface area contributed by atoms with Crippen molar-refractivity contribution in [2.45, 2.75) is 32.2 Å². The van der Waals surface area contributed by atoms with Gasteiger partial charge in [-0.1, -0.05) is 42.5 Å². The SMILES string of the molecule is CC(=O)Nc1ccc(CN2CCC[C@@H](c3ccccc3)C2)cc1. The van der Waals surface area contributed by atoms with Crippen molar-refractivity contribution in [2.24, 2.45) is 0 Å². The molecule has 1 heterocycles. The number of anilines is 1. The summed E-state index contributed by atoms with van der Waals surface area (Å²) < 4.78 is 0. The van der Waals surface area contributed by atoms with Gasteiger partial charge in [0.25, 0.3) is 0 Å². The van der Waals surface area contributed by atoms with Gasteiger partial charge in [-0.05, 0) is 48.6 Å². The second-order valence-electron chi connectivity index (χ2n) is 6.36. The van der Waals surface area contributed by atoms with Gasteiger partial charge in [0.15, 0.2) is 0 Å². The van der Waals surface area contributed by atoms with Crippen molar-refractivity contribution in [1.82, 2.24) is 4.90 Å². The summed E-state index contributed by atoms with van der Waals surface area (Å²) in [5.74, 6) is 0.614. The van der Waals surface area contributed by atoms with Crippen molar-refractivity contribution in [1.29, 1.82) is 0 Å². The highest BCUT2D eigenvalue weighted by atomic mass is 16.1. The average molecular weight is 308 g/mol. The van der Waals surface area contributed by atoms with Crippen molar-refractivity contribution in [2.75, 3.05) is 18.4 Å². The topological polar surface area (TPSA) is 32.3 Å². The predicted molar refractivity (Wildman–Crippen MR) is 94.4 cm³/mol. The molecule has 1 N–H and O–H groups in total. The quantitative estimate of drug-likeness (QED) is 0.925. The number of amides is 1. The summed E-state index contributed by atoms with van der Waals surface area (Å²) in [5.41, 5.74) is 3.62. The van der Waals surface area contributed by atoms with Crippen LogP contribution in [0, 0.1) is 0 Å². The minimum Gasteiger partial charge on any atom is -0.326 e. The van der Waals surface area contributed by atoms with Crippen molar-refractivity contribution in [3.63, 3.8) is 0 Å². The molecule has 1 amide bonds. The molecule has 3 rings (SSSR count). The number of carbonyl (C=O) groups is 1. The van der Waals surface area contributed by atoms with E-state index in [4.69, 9.17) is 0 Å². The lowest BCUT2D eigenvalue weighted by Crippen LogP contribution is -2.33. The maximum Gasteiger partial charge on any atom is 0.221 e. The number of piperidine rings is 1. The zero-order chi connectivity index (χ0) is 16.1. The Morgan fingerprint density at radius 1 is 1.13 bits per heavy atom. The molecule has 1 aliphatic rings. The van der Waals surface area contributed by atoms with Crippen LogP contribution in [0.1, 0.15) is 36.8 Å². The number of nitrogens with one attached hydrogen (secondary N) is 1. The fourth-order valence-electron chi connectivity index (χ4n) is 3.35. The van der Waals surface area contributed by atoms with E-state index in [1.807, 2.05) is 12.1 Å². The maximum atomic E-state index is 11.1. The Morgan fingerprint density at radius 3 is 2.57 bits per heavy atom. The minimum atomic E-state index is -0.0283. The van der Waals surface area contributed by atoms with E-state index in [2.05, 4.69) is 52.7 Å². The van der Waals surface area contributed by atoms with Gasteiger partial charge in [-0.25, -0.2) is 0 Å². The molecule has 1 saturated heterocycles. The van der Waals surface area contributed by atoms with Gasteiger partial charge in [0.1, 0.15) is 0 Å². The van der Waals surface area contributed by atoms with Crippen molar-refractivity contribution >= 4 is 11.6 Å². The number of likely N-dealkylation sites (tertiary alicyclic amines) is 1. The van der Waals surface area contributed by atoms with E-state index in [-0.39, 0.29) is 5.91 Å². The smallest absolute Gasteiger partial charge is 0.221 e. The Balaban J connectivity index is 1.60. The van der Waals surface area contributed by atoms with E-state index in [1.165, 1.54) is 30.9 Å². The van der Waals surface area contributed by atoms with Gasteiger partial charge in [0.05, 0.1) is 0 Å². The second-order valence-corrected chi connectivity index (χ2v) is 6.36. The zero-order valence-corrected chi connectivity index (χ0v) is 13.7. The number of benzene rings is 2. The summed E-state index contributed by atoms with van der Waals surface area (Å²) in [6, 6.07) is 19.0. The third-order valence-corrected chi connectivity index (χ3v) is 4.46. The molecular formula is C20H24N2O. The number of hydrogen-bond donors (Lipinski definition) is 1. The number of rotatable bonds is 4. The summed E-state index contributed by atoms with van der Waals surface area (Å²) >= 11 is 0. The van der Waals surface area contributed by atoms with Crippen molar-refractivity contribution in [3.8, 4) is 0 Å². The van der Waals surface area contributed by atoms with E-state index in [1.54, 1.807) is 0 Å². The molecule has 0 saturated carbocycles. The van der Waals surface area contributed by atoms with Gasteiger partial charge in [0, 0.05) is 25.7 Å². The molecule has 0 aromatic heterocycles. The molecule has 1 aliphatic heterocycles. The van der Waals surface area contributed by atoms with E-state index in [0.717, 1.165) is 25.3 Å². The first-order valence-corrected chi connectivity index (χ1v) is 8.34. The van der Waals surface area contributed by atoms with Crippen molar-refractivity contribution < 1.29 is 4.79 Å². The van der Waals surface area contributed by atoms with Gasteiger partial charge in [-0.2, -0.15) is 0 Å². The third kappa shape index (κ3) is 4.42. The molecule has 0 spiro atoms. The van der Waals surface area contributed by atoms with Crippen LogP contribution < -0.4 is 5.32 Å². The Bertz CT molecular complexity index is 636. The van der Waals surface area contributed by atoms with Crippen LogP contribution in [0.25, 0.3) is 0 Å². The summed E-state index contributed by atoms with van der Waals surface area (Å²) in [4.78, 5) is 13.6. The molecule has 23 heavy (non-hydrogen) atoms. The second kappa shape index (κ2) is 7.42. The van der Waals surface area contributed by atoms with Gasteiger partial charge in [-0.15, -0.1) is 0 Å². The standard InChI is InChI=1S/C20H24N2O/c1-16(23)21-20-11-9-17(10-12-20)14-22-13-5-8-19(15-22)18-6-3-2-4-7-18/h2-4,6-7,9-12,19H,5,8,13-15H2,1H3,(H,21,23)/t19-/m1/s1. The molecule has 1 atom stereocenters. The van der Waals surface area contributed by atoms with E-state index < -0.39 is 0 Å². The van der Waals surface area contributed by atoms with Gasteiger partial charge in [0.2, 0.25) is 5.91 Å². The molecule has 0 aliphatic carbocycles. The predicted octanol–water partition coefficient (Wildman–Crippen LogP) is 4.02. The summed E-state index contributed by atoms with van der Waals surface area (Å²) in [6.07, 6.45) is 2.53. The van der Waals surface area contributed by atoms with Crippen LogP contribution in [0.5, 0.6) is 0 Å². The van der Waals surface area contributed by atoms with Crippen LogP contribution in [-0.4, -0.2) is 23.9 Å². The molecule has 0 unspecified atom stereocenters. The highest BCUT2D eigenvalue weighted by molar-refractivity contribution is 5.88. The van der Waals surface area contributed by atoms with Gasteiger partial charge < -0.3 is 5.32 Å². The van der Waals surface area contributed by atoms with Gasteiger partial charge in [-0.3, -0.25) is 9.69 Å². The minimum absolute atomic E-state index is 0.0283. The summed E-state index contributed by atoms with van der Waals surface area (Å²) in [5, 5.41) is 2.81. The highest BCUT2D eigenvalue weighted by Gasteiger charge is 2.21. The van der Waals surface area contributed by atoms with Gasteiger partial charge >= 0.3 is 0 Å². The summed E-state index contributed by atoms with van der Waals surface area (Å²) in [7, 11) is 0. The molecule has 2 aromatic rings. The van der Waals surface area contributed by atoms with Crippen LogP contribution >= 0.6 is 0 Å². The largest absolute Gasteiger partial charge is 0.326 e. The number of carbonyl (C=O) groups excluding carboxylic acids is 1. The third-order valence-electron chi connectivity index (χ3n) is 4.46. The lowest BCUT2D eigenvalue weighted by atomic mass is 9.90. The summed E-state index contributed by atoms with van der Waals surface area (Å²) in [6.45, 7) is 4.79. The first-order valence-electron chi connectivity index (χ1n) is 8.34. The van der Waals surface area contributed by atoms with E-state index in [0.29, 0.717) is 5.92 Å². The Kier molecular flexibility index (Phi) is 5.09. The molecular weight excluding hydrogens is 284 g/mol. The lowest BCUT2D eigenvalue weighted by molar-refractivity contribution is -0.114. The average Bonchev–Trinajstić information content (AvgIpc) is 2.57. The fraction of sp³-hybridized carbons (Fsp3) is 0.350. The normalized spacial score (nSPS) is 18.6. The molecule has 0 radical (unpaired) electrons. The Morgan fingerprint density at radius 2 is 1.87 bits per heavy atom. The maximum absolute atomic E-state index is 11.1. The number of nitrogens with zero attached hydrogens (tertiary/aromatic N) is 1. The number of hydrogen-bond acceptors (Lipinski definition) is 2. The molecule has 120 valence electrons. The van der Waals surface area contributed by atoms with Crippen LogP contribution in [0.3, 0.4) is 0 Å². The van der Waals surface area contributed by atoms with Crippen molar-refractivity contribution in [3.05, 3.63) is 65.7 Å².